The standard InChI is InChI=1S/C28H20N4.2C3H7NO/c1-3-7-23-21(5-1)25-14-19-11-9-17(29-19)13-18-10-12-20(30-18)15-26-22-6-2-4-8-24(22)28(32-26)16-27(23)31-25;2*1-2-3(4)5/h1-16,21,25,30-31H;2*2H2,1H3,(H2,4,5)/t21-,25?;;/m0../s1. The smallest absolute Gasteiger partial charge is 0.217 e. The number of carbonyl (C=O) groups excluding carboxylic acids is 2. The Labute approximate surface area is 244 Å². The maximum Gasteiger partial charge on any atom is 0.217 e. The number of fused-ring (bicyclic) bond motifs is 11. The zero-order valence-electron chi connectivity index (χ0n) is 23.7. The van der Waals surface area contributed by atoms with E-state index in [4.69, 9.17) is 9.98 Å². The summed E-state index contributed by atoms with van der Waals surface area (Å²) in [6.45, 7) is 3.45. The summed E-state index contributed by atoms with van der Waals surface area (Å²) in [5.41, 5.74) is 18.0. The van der Waals surface area contributed by atoms with Gasteiger partial charge >= 0.3 is 0 Å². The molecule has 4 aliphatic heterocycles. The summed E-state index contributed by atoms with van der Waals surface area (Å²) in [6, 6.07) is 12.8. The lowest BCUT2D eigenvalue weighted by Crippen LogP contribution is -2.26. The molecule has 0 fully saturated rings. The molecule has 7 rings (SSSR count). The predicted molar refractivity (Wildman–Crippen MR) is 169 cm³/mol. The normalized spacial score (nSPS) is 20.0. The van der Waals surface area contributed by atoms with E-state index in [1.54, 1.807) is 13.8 Å². The number of amides is 2. The van der Waals surface area contributed by atoms with E-state index in [9.17, 15) is 9.59 Å². The molecule has 0 spiro atoms. The highest BCUT2D eigenvalue weighted by molar-refractivity contribution is 6.27. The number of rotatable bonds is 2. The van der Waals surface area contributed by atoms with Crippen molar-refractivity contribution < 1.29 is 9.59 Å². The number of nitrogens with two attached hydrogens (primary N) is 2. The molecule has 0 saturated heterocycles. The highest BCUT2D eigenvalue weighted by atomic mass is 16.1. The van der Waals surface area contributed by atoms with E-state index in [-0.39, 0.29) is 23.8 Å². The van der Waals surface area contributed by atoms with Crippen molar-refractivity contribution in [3.63, 3.8) is 0 Å². The first kappa shape index (κ1) is 28.3. The molecule has 2 aromatic rings. The van der Waals surface area contributed by atoms with Gasteiger partial charge in [0.2, 0.25) is 11.8 Å². The van der Waals surface area contributed by atoms with Crippen LogP contribution in [0.1, 0.15) is 37.8 Å². The molecule has 8 nitrogen and oxygen atoms in total. The van der Waals surface area contributed by atoms with Gasteiger partial charge in [-0.2, -0.15) is 0 Å². The van der Waals surface area contributed by atoms with Crippen molar-refractivity contribution in [2.24, 2.45) is 27.4 Å². The second-order valence-electron chi connectivity index (χ2n) is 10.1. The lowest BCUT2D eigenvalue weighted by atomic mass is 9.90. The fourth-order valence-electron chi connectivity index (χ4n) is 4.96. The number of H-pyrrole nitrogens is 1. The van der Waals surface area contributed by atoms with Crippen LogP contribution in [-0.2, 0) is 9.59 Å². The number of benzene rings is 1. The molecule has 2 atom stereocenters. The Morgan fingerprint density at radius 2 is 1.52 bits per heavy atom. The van der Waals surface area contributed by atoms with Crippen LogP contribution in [0, 0.1) is 5.92 Å². The summed E-state index contributed by atoms with van der Waals surface area (Å²) in [7, 11) is 0. The van der Waals surface area contributed by atoms with Crippen LogP contribution in [0.4, 0.5) is 0 Å². The number of allylic oxidation sites excluding steroid dienone is 6. The molecule has 2 amide bonds. The zero-order valence-corrected chi connectivity index (χ0v) is 23.7. The topological polar surface area (TPSA) is 139 Å². The number of aromatic nitrogens is 1. The highest BCUT2D eigenvalue weighted by Gasteiger charge is 2.31. The lowest BCUT2D eigenvalue weighted by molar-refractivity contribution is -0.118. The molecular weight excluding hydrogens is 524 g/mol. The van der Waals surface area contributed by atoms with E-state index in [2.05, 4.69) is 119 Å². The van der Waals surface area contributed by atoms with Crippen LogP contribution in [-0.4, -0.2) is 34.3 Å². The number of primary amides is 2. The van der Waals surface area contributed by atoms with Crippen LogP contribution < -0.4 is 27.5 Å². The van der Waals surface area contributed by atoms with Gasteiger partial charge in [-0.1, -0.05) is 62.4 Å². The second-order valence-corrected chi connectivity index (χ2v) is 10.1. The summed E-state index contributed by atoms with van der Waals surface area (Å²) in [5.74, 6) is -0.209. The van der Waals surface area contributed by atoms with Crippen molar-refractivity contribution in [1.29, 1.82) is 0 Å². The number of aromatic amines is 1. The minimum absolute atomic E-state index is 0.150. The summed E-state index contributed by atoms with van der Waals surface area (Å²) < 4.78 is 0. The fourth-order valence-corrected chi connectivity index (χ4v) is 4.96. The van der Waals surface area contributed by atoms with Gasteiger partial charge in [0, 0.05) is 46.3 Å². The van der Waals surface area contributed by atoms with Gasteiger partial charge in [-0.3, -0.25) is 9.59 Å². The number of nitrogens with one attached hydrogen (secondary N) is 2. The third-order valence-corrected chi connectivity index (χ3v) is 7.14. The first-order valence-corrected chi connectivity index (χ1v) is 14.0. The Bertz CT molecular complexity index is 1780. The third-order valence-electron chi connectivity index (χ3n) is 7.14. The zero-order chi connectivity index (χ0) is 29.6. The van der Waals surface area contributed by atoms with Crippen LogP contribution in [0.15, 0.2) is 112 Å². The van der Waals surface area contributed by atoms with Crippen LogP contribution in [0.25, 0.3) is 17.8 Å². The summed E-state index contributed by atoms with van der Waals surface area (Å²) in [4.78, 5) is 32.5. The van der Waals surface area contributed by atoms with Crippen molar-refractivity contribution in [3.8, 4) is 0 Å². The van der Waals surface area contributed by atoms with Gasteiger partial charge in [-0.15, -0.1) is 0 Å². The van der Waals surface area contributed by atoms with Crippen LogP contribution >= 0.6 is 0 Å². The second kappa shape index (κ2) is 12.5. The molecule has 42 heavy (non-hydrogen) atoms. The van der Waals surface area contributed by atoms with E-state index in [0.717, 1.165) is 50.3 Å². The predicted octanol–water partition coefficient (Wildman–Crippen LogP) is 3.06. The van der Waals surface area contributed by atoms with Gasteiger partial charge in [0.05, 0.1) is 28.9 Å². The Morgan fingerprint density at radius 3 is 2.24 bits per heavy atom. The van der Waals surface area contributed by atoms with E-state index >= 15 is 0 Å². The Hall–Kier alpha value is -5.24. The summed E-state index contributed by atoms with van der Waals surface area (Å²) in [5, 5.41) is 5.79. The van der Waals surface area contributed by atoms with Crippen LogP contribution in [0.2, 0.25) is 0 Å². The maximum absolute atomic E-state index is 9.59. The molecule has 8 bridgehead atoms. The van der Waals surface area contributed by atoms with Gasteiger partial charge < -0.3 is 21.8 Å². The van der Waals surface area contributed by atoms with Gasteiger partial charge in [-0.25, -0.2) is 9.98 Å². The van der Waals surface area contributed by atoms with E-state index in [1.807, 2.05) is 0 Å². The molecule has 6 N–H and O–H groups in total. The van der Waals surface area contributed by atoms with Crippen molar-refractivity contribution >= 4 is 41.1 Å². The largest absolute Gasteiger partial charge is 0.378 e. The molecule has 5 aliphatic rings. The van der Waals surface area contributed by atoms with Crippen LogP contribution in [0.5, 0.6) is 0 Å². The molecule has 1 aliphatic carbocycles. The molecule has 8 heteroatoms. The average Bonchev–Trinajstić information content (AvgIpc) is 3.78. The average molecular weight is 559 g/mol. The quantitative estimate of drug-likeness (QED) is 0.451. The molecular formula is C34H34N6O2. The van der Waals surface area contributed by atoms with Gasteiger partial charge in [0.1, 0.15) is 0 Å². The van der Waals surface area contributed by atoms with Gasteiger partial charge in [0.25, 0.3) is 0 Å². The molecule has 0 radical (unpaired) electrons. The SMILES string of the molecule is C1=CC2=C3C=C4N=C(C=c5ccc([nH]5)=CC5=NC(=CC(N3)[C@H]2C=C1)C=C5)c1ccccc14.CCC(N)=O.CCC(N)=O. The lowest BCUT2D eigenvalue weighted by Gasteiger charge is -2.16. The number of hydrogen-bond acceptors (Lipinski definition) is 5. The number of nitrogens with zero attached hydrogens (tertiary/aromatic N) is 2. The summed E-state index contributed by atoms with van der Waals surface area (Å²) in [6.07, 6.45) is 22.4. The molecule has 0 saturated carbocycles. The van der Waals surface area contributed by atoms with Gasteiger partial charge in [-0.05, 0) is 54.2 Å². The third kappa shape index (κ3) is 6.39. The monoisotopic (exact) mass is 558 g/mol. The van der Waals surface area contributed by atoms with Crippen molar-refractivity contribution in [2.45, 2.75) is 32.7 Å². The van der Waals surface area contributed by atoms with E-state index in [1.165, 1.54) is 5.57 Å². The molecule has 1 aromatic carbocycles. The Balaban J connectivity index is 0.000000308. The summed E-state index contributed by atoms with van der Waals surface area (Å²) >= 11 is 0. The maximum atomic E-state index is 9.59. The van der Waals surface area contributed by atoms with Crippen molar-refractivity contribution in [3.05, 3.63) is 124 Å². The van der Waals surface area contributed by atoms with Crippen molar-refractivity contribution in [2.75, 3.05) is 0 Å². The molecule has 212 valence electrons. The Morgan fingerprint density at radius 1 is 0.833 bits per heavy atom. The van der Waals surface area contributed by atoms with E-state index < -0.39 is 0 Å². The van der Waals surface area contributed by atoms with Gasteiger partial charge in [0.15, 0.2) is 0 Å². The minimum atomic E-state index is -0.245. The minimum Gasteiger partial charge on any atom is -0.378 e. The highest BCUT2D eigenvalue weighted by Crippen LogP contribution is 2.36. The van der Waals surface area contributed by atoms with Crippen molar-refractivity contribution in [1.82, 2.24) is 10.3 Å². The molecule has 1 unspecified atom stereocenters. The number of aliphatic imine (C=N–C) groups is 2. The number of hydrogen-bond donors (Lipinski definition) is 4. The first-order valence-electron chi connectivity index (χ1n) is 14.0. The first-order chi connectivity index (χ1) is 20.3. The fraction of sp³-hybridized carbons (Fsp3) is 0.176. The van der Waals surface area contributed by atoms with Crippen LogP contribution in [0.3, 0.4) is 0 Å². The molecule has 1 aromatic heterocycles. The number of carbonyl (C=O) groups is 2. The molecule has 5 heterocycles. The van der Waals surface area contributed by atoms with E-state index in [0.29, 0.717) is 12.8 Å². The Kier molecular flexibility index (Phi) is 8.43.